The molecular weight excluding hydrogens is 144 g/mol. The second kappa shape index (κ2) is 3.24. The van der Waals surface area contributed by atoms with E-state index in [0.29, 0.717) is 0 Å². The van der Waals surface area contributed by atoms with Crippen molar-refractivity contribution in [3.8, 4) is 0 Å². The van der Waals surface area contributed by atoms with Gasteiger partial charge in [-0.2, -0.15) is 0 Å². The Bertz CT molecular complexity index is 162. The van der Waals surface area contributed by atoms with Crippen molar-refractivity contribution in [2.24, 2.45) is 23.7 Å². The zero-order valence-electron chi connectivity index (χ0n) is 8.29. The average molecular weight is 164 g/mol. The Morgan fingerprint density at radius 3 is 1.92 bits per heavy atom. The van der Waals surface area contributed by atoms with Crippen LogP contribution in [-0.4, -0.2) is 0 Å². The van der Waals surface area contributed by atoms with Crippen LogP contribution in [0.1, 0.15) is 39.5 Å². The molecule has 2 aliphatic rings. The van der Waals surface area contributed by atoms with E-state index in [1.807, 2.05) is 0 Å². The van der Waals surface area contributed by atoms with Crippen molar-refractivity contribution in [2.75, 3.05) is 0 Å². The molecule has 68 valence electrons. The number of hydrogen-bond donors (Lipinski definition) is 0. The number of allylic oxidation sites excluding steroid dienone is 2. The second-order valence-corrected chi connectivity index (χ2v) is 4.78. The van der Waals surface area contributed by atoms with E-state index in [4.69, 9.17) is 0 Å². The van der Waals surface area contributed by atoms with Crippen molar-refractivity contribution < 1.29 is 0 Å². The zero-order chi connectivity index (χ0) is 8.55. The van der Waals surface area contributed by atoms with Gasteiger partial charge in [0.15, 0.2) is 0 Å². The number of rotatable bonds is 1. The minimum Gasteiger partial charge on any atom is -0.0885 e. The molecule has 0 aromatic heterocycles. The van der Waals surface area contributed by atoms with Crippen LogP contribution < -0.4 is 0 Å². The Labute approximate surface area is 76.1 Å². The first-order valence-corrected chi connectivity index (χ1v) is 5.45. The smallest absolute Gasteiger partial charge is 0.0329 e. The van der Waals surface area contributed by atoms with Gasteiger partial charge in [0, 0.05) is 0 Å². The van der Waals surface area contributed by atoms with Crippen molar-refractivity contribution in [1.29, 1.82) is 0 Å². The maximum absolute atomic E-state index is 2.39. The highest BCUT2D eigenvalue weighted by atomic mass is 14.5. The van der Waals surface area contributed by atoms with Crippen LogP contribution in [-0.2, 0) is 0 Å². The lowest BCUT2D eigenvalue weighted by molar-refractivity contribution is 0.491. The molecule has 0 aromatic rings. The van der Waals surface area contributed by atoms with Gasteiger partial charge in [0.25, 0.3) is 0 Å². The average Bonchev–Trinajstić information content (AvgIpc) is 2.60. The highest BCUT2D eigenvalue weighted by molar-refractivity contribution is 5.02. The van der Waals surface area contributed by atoms with E-state index in [1.165, 1.54) is 25.7 Å². The highest BCUT2D eigenvalue weighted by Crippen LogP contribution is 2.56. The quantitative estimate of drug-likeness (QED) is 0.519. The van der Waals surface area contributed by atoms with Gasteiger partial charge in [0.05, 0.1) is 0 Å². The Balaban J connectivity index is 1.93. The van der Waals surface area contributed by atoms with Crippen LogP contribution in [0.5, 0.6) is 0 Å². The Kier molecular flexibility index (Phi) is 2.25. The van der Waals surface area contributed by atoms with E-state index < -0.39 is 0 Å². The van der Waals surface area contributed by atoms with Crippen LogP contribution in [0.3, 0.4) is 0 Å². The second-order valence-electron chi connectivity index (χ2n) is 4.78. The topological polar surface area (TPSA) is 0 Å². The molecule has 0 saturated heterocycles. The summed E-state index contributed by atoms with van der Waals surface area (Å²) in [7, 11) is 0. The minimum absolute atomic E-state index is 0.929. The molecule has 0 nitrogen and oxygen atoms in total. The standard InChI is InChI=1S/C12H20/c1-9(2)12-10-7-5-3-4-6-8-11(10)12/h3-4,9-12H,5-8H2,1-2H3/b4-3-/t10-,11+,12?. The summed E-state index contributed by atoms with van der Waals surface area (Å²) in [5, 5.41) is 0. The maximum atomic E-state index is 2.39. The lowest BCUT2D eigenvalue weighted by atomic mass is 10.0. The minimum atomic E-state index is 0.929. The lowest BCUT2D eigenvalue weighted by Gasteiger charge is -2.00. The SMILES string of the molecule is CC(C)C1[C@H]2CC/C=C\CC[C@@H]12. The van der Waals surface area contributed by atoms with Gasteiger partial charge in [-0.3, -0.25) is 0 Å². The van der Waals surface area contributed by atoms with Crippen molar-refractivity contribution in [1.82, 2.24) is 0 Å². The first kappa shape index (κ1) is 8.34. The highest BCUT2D eigenvalue weighted by Gasteiger charge is 2.49. The third-order valence-electron chi connectivity index (χ3n) is 3.67. The molecule has 0 heterocycles. The van der Waals surface area contributed by atoms with E-state index in [0.717, 1.165) is 23.7 Å². The number of hydrogen-bond acceptors (Lipinski definition) is 0. The summed E-state index contributed by atoms with van der Waals surface area (Å²) < 4.78 is 0. The summed E-state index contributed by atoms with van der Waals surface area (Å²) in [5.74, 6) is 4.19. The predicted octanol–water partition coefficient (Wildman–Crippen LogP) is 3.63. The van der Waals surface area contributed by atoms with Crippen LogP contribution in [0.15, 0.2) is 12.2 Å². The van der Waals surface area contributed by atoms with Gasteiger partial charge in [-0.25, -0.2) is 0 Å². The van der Waals surface area contributed by atoms with Gasteiger partial charge in [-0.05, 0) is 49.4 Å². The molecule has 0 N–H and O–H groups in total. The molecule has 0 bridgehead atoms. The maximum Gasteiger partial charge on any atom is -0.0329 e. The van der Waals surface area contributed by atoms with Crippen molar-refractivity contribution in [2.45, 2.75) is 39.5 Å². The van der Waals surface area contributed by atoms with Gasteiger partial charge in [0.1, 0.15) is 0 Å². The first-order chi connectivity index (χ1) is 5.80. The van der Waals surface area contributed by atoms with Crippen LogP contribution in [0.4, 0.5) is 0 Å². The molecular formula is C12H20. The van der Waals surface area contributed by atoms with Crippen LogP contribution >= 0.6 is 0 Å². The molecule has 3 atom stereocenters. The molecule has 0 radical (unpaired) electrons. The molecule has 1 saturated carbocycles. The van der Waals surface area contributed by atoms with E-state index >= 15 is 0 Å². The largest absolute Gasteiger partial charge is 0.0885 e. The van der Waals surface area contributed by atoms with Crippen molar-refractivity contribution in [3.05, 3.63) is 12.2 Å². The molecule has 0 amide bonds. The summed E-state index contributed by atoms with van der Waals surface area (Å²) in [6, 6.07) is 0. The van der Waals surface area contributed by atoms with E-state index in [9.17, 15) is 0 Å². The Hall–Kier alpha value is -0.260. The fraction of sp³-hybridized carbons (Fsp3) is 0.833. The van der Waals surface area contributed by atoms with Crippen molar-refractivity contribution in [3.63, 3.8) is 0 Å². The normalized spacial score (nSPS) is 43.1. The summed E-state index contributed by atoms with van der Waals surface area (Å²) in [6.07, 6.45) is 10.4. The molecule has 1 fully saturated rings. The summed E-state index contributed by atoms with van der Waals surface area (Å²) in [6.45, 7) is 4.78. The molecule has 2 aliphatic carbocycles. The molecule has 12 heavy (non-hydrogen) atoms. The fourth-order valence-electron chi connectivity index (χ4n) is 3.09. The van der Waals surface area contributed by atoms with Crippen LogP contribution in [0, 0.1) is 23.7 Å². The van der Waals surface area contributed by atoms with Crippen molar-refractivity contribution >= 4 is 0 Å². The third-order valence-corrected chi connectivity index (χ3v) is 3.67. The van der Waals surface area contributed by atoms with Crippen LogP contribution in [0.2, 0.25) is 0 Å². The Morgan fingerprint density at radius 2 is 1.50 bits per heavy atom. The summed E-state index contributed by atoms with van der Waals surface area (Å²) in [4.78, 5) is 0. The fourth-order valence-corrected chi connectivity index (χ4v) is 3.09. The predicted molar refractivity (Wildman–Crippen MR) is 52.9 cm³/mol. The van der Waals surface area contributed by atoms with E-state index in [-0.39, 0.29) is 0 Å². The molecule has 0 aliphatic heterocycles. The van der Waals surface area contributed by atoms with E-state index in [1.54, 1.807) is 0 Å². The zero-order valence-corrected chi connectivity index (χ0v) is 8.29. The monoisotopic (exact) mass is 164 g/mol. The van der Waals surface area contributed by atoms with Gasteiger partial charge >= 0.3 is 0 Å². The summed E-state index contributed by atoms with van der Waals surface area (Å²) >= 11 is 0. The van der Waals surface area contributed by atoms with Gasteiger partial charge in [-0.1, -0.05) is 26.0 Å². The third kappa shape index (κ3) is 1.44. The van der Waals surface area contributed by atoms with Gasteiger partial charge in [-0.15, -0.1) is 0 Å². The number of fused-ring (bicyclic) bond motifs is 1. The summed E-state index contributed by atoms with van der Waals surface area (Å²) in [5.41, 5.74) is 0. The van der Waals surface area contributed by atoms with Crippen LogP contribution in [0.25, 0.3) is 0 Å². The van der Waals surface area contributed by atoms with Gasteiger partial charge < -0.3 is 0 Å². The lowest BCUT2D eigenvalue weighted by Crippen LogP contribution is -1.93. The van der Waals surface area contributed by atoms with Gasteiger partial charge in [0.2, 0.25) is 0 Å². The van der Waals surface area contributed by atoms with E-state index in [2.05, 4.69) is 26.0 Å². The molecule has 1 unspecified atom stereocenters. The Morgan fingerprint density at radius 1 is 1.00 bits per heavy atom. The molecule has 0 heteroatoms. The molecule has 0 aromatic carbocycles. The molecule has 2 rings (SSSR count). The molecule has 0 spiro atoms. The first-order valence-electron chi connectivity index (χ1n) is 5.45.